The van der Waals surface area contributed by atoms with Crippen molar-refractivity contribution in [3.8, 4) is 0 Å². The lowest BCUT2D eigenvalue weighted by Crippen LogP contribution is -2.14. The van der Waals surface area contributed by atoms with E-state index in [1.54, 1.807) is 0 Å². The van der Waals surface area contributed by atoms with E-state index in [4.69, 9.17) is 9.84 Å². The van der Waals surface area contributed by atoms with E-state index in [1.807, 2.05) is 6.20 Å². The van der Waals surface area contributed by atoms with Gasteiger partial charge >= 0.3 is 5.97 Å². The third-order valence-corrected chi connectivity index (χ3v) is 2.88. The fraction of sp³-hybridized carbons (Fsp3) is 0.636. The van der Waals surface area contributed by atoms with Crippen molar-refractivity contribution in [2.24, 2.45) is 0 Å². The average Bonchev–Trinajstić information content (AvgIpc) is 2.76. The number of H-pyrrole nitrogens is 1. The molecule has 1 aliphatic heterocycles. The summed E-state index contributed by atoms with van der Waals surface area (Å²) in [4.78, 5) is 17.8. The van der Waals surface area contributed by atoms with Gasteiger partial charge in [-0.05, 0) is 12.8 Å². The Bertz CT molecular complexity index is 356. The van der Waals surface area contributed by atoms with Crippen LogP contribution in [0.4, 0.5) is 0 Å². The molecule has 0 amide bonds. The summed E-state index contributed by atoms with van der Waals surface area (Å²) in [5, 5.41) is 8.57. The van der Waals surface area contributed by atoms with E-state index in [0.717, 1.165) is 37.6 Å². The van der Waals surface area contributed by atoms with E-state index in [2.05, 4.69) is 9.97 Å². The van der Waals surface area contributed by atoms with E-state index in [0.29, 0.717) is 12.3 Å². The minimum absolute atomic E-state index is 0.126. The van der Waals surface area contributed by atoms with Crippen LogP contribution in [0.15, 0.2) is 6.20 Å². The molecule has 1 aromatic heterocycles. The molecule has 5 heteroatoms. The molecule has 2 heterocycles. The molecule has 2 N–H and O–H groups in total. The molecule has 0 spiro atoms. The highest BCUT2D eigenvalue weighted by Gasteiger charge is 2.17. The Morgan fingerprint density at radius 1 is 1.56 bits per heavy atom. The molecule has 2 rings (SSSR count). The Balaban J connectivity index is 1.93. The number of ether oxygens (including phenoxy) is 1. The molecule has 0 saturated carbocycles. The third kappa shape index (κ3) is 2.82. The van der Waals surface area contributed by atoms with Crippen LogP contribution < -0.4 is 0 Å². The number of imidazole rings is 1. The summed E-state index contributed by atoms with van der Waals surface area (Å²) in [5.41, 5.74) is 1.11. The summed E-state index contributed by atoms with van der Waals surface area (Å²) in [6, 6.07) is 0. The number of aliphatic carboxylic acids is 1. The van der Waals surface area contributed by atoms with Gasteiger partial charge in [-0.1, -0.05) is 0 Å². The third-order valence-electron chi connectivity index (χ3n) is 2.88. The lowest BCUT2D eigenvalue weighted by atomic mass is 9.97. The summed E-state index contributed by atoms with van der Waals surface area (Å²) in [5.74, 6) is 0.465. The summed E-state index contributed by atoms with van der Waals surface area (Å²) in [7, 11) is 0. The average molecular weight is 224 g/mol. The van der Waals surface area contributed by atoms with Crippen LogP contribution in [0.25, 0.3) is 0 Å². The summed E-state index contributed by atoms with van der Waals surface area (Å²) >= 11 is 0. The largest absolute Gasteiger partial charge is 0.481 e. The highest BCUT2D eigenvalue weighted by atomic mass is 16.5. The quantitative estimate of drug-likeness (QED) is 0.808. The van der Waals surface area contributed by atoms with Crippen LogP contribution in [0.2, 0.25) is 0 Å². The number of carboxylic acid groups (broad SMARTS) is 1. The van der Waals surface area contributed by atoms with Crippen LogP contribution in [0, 0.1) is 0 Å². The van der Waals surface area contributed by atoms with Crippen molar-refractivity contribution in [2.75, 3.05) is 13.2 Å². The zero-order valence-electron chi connectivity index (χ0n) is 9.11. The van der Waals surface area contributed by atoms with Gasteiger partial charge in [0.1, 0.15) is 5.82 Å². The van der Waals surface area contributed by atoms with Crippen LogP contribution in [0.3, 0.4) is 0 Å². The van der Waals surface area contributed by atoms with Crippen molar-refractivity contribution in [3.05, 3.63) is 17.7 Å². The van der Waals surface area contributed by atoms with Crippen LogP contribution in [-0.2, 0) is 16.0 Å². The maximum absolute atomic E-state index is 10.4. The maximum Gasteiger partial charge on any atom is 0.303 e. The first-order chi connectivity index (χ1) is 7.75. The van der Waals surface area contributed by atoms with Gasteiger partial charge in [-0.2, -0.15) is 0 Å². The van der Waals surface area contributed by atoms with Crippen LogP contribution in [0.5, 0.6) is 0 Å². The van der Waals surface area contributed by atoms with E-state index in [9.17, 15) is 4.79 Å². The second kappa shape index (κ2) is 5.12. The van der Waals surface area contributed by atoms with Crippen molar-refractivity contribution < 1.29 is 14.6 Å². The number of aromatic nitrogens is 2. The molecule has 16 heavy (non-hydrogen) atoms. The predicted octanol–water partition coefficient (Wildman–Crippen LogP) is 1.32. The molecule has 0 radical (unpaired) electrons. The summed E-state index contributed by atoms with van der Waals surface area (Å²) < 4.78 is 5.29. The predicted molar refractivity (Wildman–Crippen MR) is 57.3 cm³/mol. The molecular formula is C11H16N2O3. The van der Waals surface area contributed by atoms with E-state index >= 15 is 0 Å². The molecule has 5 nitrogen and oxygen atoms in total. The summed E-state index contributed by atoms with van der Waals surface area (Å²) in [6.07, 6.45) is 4.45. The molecule has 0 aromatic carbocycles. The molecule has 1 fully saturated rings. The Hall–Kier alpha value is -1.36. The van der Waals surface area contributed by atoms with Crippen molar-refractivity contribution in [2.45, 2.75) is 31.6 Å². The molecule has 88 valence electrons. The SMILES string of the molecule is O=C(O)CCc1ncc(C2CCOCC2)[nH]1. The standard InChI is InChI=1S/C11H16N2O3/c14-11(15)2-1-10-12-7-9(13-10)8-3-5-16-6-4-8/h7-8H,1-6H2,(H,12,13)(H,14,15). The Morgan fingerprint density at radius 3 is 3.00 bits per heavy atom. The number of rotatable bonds is 4. The number of nitrogens with one attached hydrogen (secondary N) is 1. The second-order valence-electron chi connectivity index (χ2n) is 4.07. The Kier molecular flexibility index (Phi) is 3.56. The number of carbonyl (C=O) groups is 1. The minimum atomic E-state index is -0.788. The lowest BCUT2D eigenvalue weighted by molar-refractivity contribution is -0.137. The van der Waals surface area contributed by atoms with Gasteiger partial charge in [0, 0.05) is 37.4 Å². The van der Waals surface area contributed by atoms with Gasteiger partial charge in [0.05, 0.1) is 6.42 Å². The first kappa shape index (κ1) is 11.1. The molecule has 0 atom stereocenters. The topological polar surface area (TPSA) is 75.2 Å². The van der Waals surface area contributed by atoms with Gasteiger partial charge in [-0.25, -0.2) is 4.98 Å². The monoisotopic (exact) mass is 224 g/mol. The van der Waals surface area contributed by atoms with E-state index in [1.165, 1.54) is 0 Å². The van der Waals surface area contributed by atoms with Gasteiger partial charge in [-0.15, -0.1) is 0 Å². The number of aromatic amines is 1. The lowest BCUT2D eigenvalue weighted by Gasteiger charge is -2.20. The fourth-order valence-corrected chi connectivity index (χ4v) is 1.95. The highest BCUT2D eigenvalue weighted by molar-refractivity contribution is 5.66. The maximum atomic E-state index is 10.4. The normalized spacial score (nSPS) is 17.5. The van der Waals surface area contributed by atoms with Crippen molar-refractivity contribution in [1.29, 1.82) is 0 Å². The summed E-state index contributed by atoms with van der Waals surface area (Å²) in [6.45, 7) is 1.60. The first-order valence-corrected chi connectivity index (χ1v) is 5.59. The number of nitrogens with zero attached hydrogens (tertiary/aromatic N) is 1. The molecule has 0 aliphatic carbocycles. The minimum Gasteiger partial charge on any atom is -0.481 e. The zero-order valence-corrected chi connectivity index (χ0v) is 9.11. The number of hydrogen-bond donors (Lipinski definition) is 2. The zero-order chi connectivity index (χ0) is 11.4. The number of aryl methyl sites for hydroxylation is 1. The molecule has 1 aromatic rings. The molecule has 0 unspecified atom stereocenters. The smallest absolute Gasteiger partial charge is 0.303 e. The molecular weight excluding hydrogens is 208 g/mol. The Labute approximate surface area is 93.8 Å². The van der Waals surface area contributed by atoms with E-state index < -0.39 is 5.97 Å². The fourth-order valence-electron chi connectivity index (χ4n) is 1.95. The first-order valence-electron chi connectivity index (χ1n) is 5.59. The van der Waals surface area contributed by atoms with Gasteiger partial charge in [0.2, 0.25) is 0 Å². The van der Waals surface area contributed by atoms with Crippen molar-refractivity contribution >= 4 is 5.97 Å². The van der Waals surface area contributed by atoms with Crippen molar-refractivity contribution in [1.82, 2.24) is 9.97 Å². The van der Waals surface area contributed by atoms with Crippen molar-refractivity contribution in [3.63, 3.8) is 0 Å². The second-order valence-corrected chi connectivity index (χ2v) is 4.07. The molecule has 0 bridgehead atoms. The molecule has 1 saturated heterocycles. The van der Waals surface area contributed by atoms with Gasteiger partial charge < -0.3 is 14.8 Å². The molecule has 1 aliphatic rings. The van der Waals surface area contributed by atoms with Crippen LogP contribution in [-0.4, -0.2) is 34.3 Å². The van der Waals surface area contributed by atoms with Gasteiger partial charge in [0.25, 0.3) is 0 Å². The van der Waals surface area contributed by atoms with Crippen LogP contribution in [0.1, 0.15) is 36.7 Å². The van der Waals surface area contributed by atoms with Crippen LogP contribution >= 0.6 is 0 Å². The van der Waals surface area contributed by atoms with E-state index in [-0.39, 0.29) is 6.42 Å². The highest BCUT2D eigenvalue weighted by Crippen LogP contribution is 2.25. The number of carboxylic acids is 1. The van der Waals surface area contributed by atoms with Gasteiger partial charge in [0.15, 0.2) is 0 Å². The number of hydrogen-bond acceptors (Lipinski definition) is 3. The Morgan fingerprint density at radius 2 is 2.31 bits per heavy atom. The van der Waals surface area contributed by atoms with Gasteiger partial charge in [-0.3, -0.25) is 4.79 Å².